The summed E-state index contributed by atoms with van der Waals surface area (Å²) in [4.78, 5) is 0. The molecule has 3 rings (SSSR count). The Morgan fingerprint density at radius 3 is 2.44 bits per heavy atom. The first-order valence-corrected chi connectivity index (χ1v) is 8.12. The van der Waals surface area contributed by atoms with Crippen LogP contribution in [0.2, 0.25) is 0 Å². The van der Waals surface area contributed by atoms with Crippen LogP contribution in [0.4, 0.5) is 0 Å². The highest BCUT2D eigenvalue weighted by Gasteiger charge is 2.37. The van der Waals surface area contributed by atoms with Crippen LogP contribution in [0, 0.1) is 11.8 Å². The van der Waals surface area contributed by atoms with Crippen LogP contribution in [0.25, 0.3) is 0 Å². The molecule has 1 saturated heterocycles. The van der Waals surface area contributed by atoms with Gasteiger partial charge >= 0.3 is 0 Å². The third-order valence-electron chi connectivity index (χ3n) is 5.34. The van der Waals surface area contributed by atoms with Gasteiger partial charge in [-0.3, -0.25) is 0 Å². The average Bonchev–Trinajstić information content (AvgIpc) is 2.77. The SMILES string of the molecule is CC1(CC2CCC2)CNCC(CC2CCCC2)O1. The van der Waals surface area contributed by atoms with Crippen molar-refractivity contribution in [1.29, 1.82) is 0 Å². The van der Waals surface area contributed by atoms with Crippen molar-refractivity contribution in [2.24, 2.45) is 11.8 Å². The predicted molar refractivity (Wildman–Crippen MR) is 74.7 cm³/mol. The zero-order chi connectivity index (χ0) is 12.4. The van der Waals surface area contributed by atoms with Gasteiger partial charge in [-0.2, -0.15) is 0 Å². The van der Waals surface area contributed by atoms with Crippen molar-refractivity contribution in [1.82, 2.24) is 5.32 Å². The van der Waals surface area contributed by atoms with Crippen LogP contribution in [0.1, 0.15) is 64.7 Å². The summed E-state index contributed by atoms with van der Waals surface area (Å²) in [6.45, 7) is 4.47. The first-order valence-electron chi connectivity index (χ1n) is 8.12. The topological polar surface area (TPSA) is 21.3 Å². The van der Waals surface area contributed by atoms with Gasteiger partial charge in [0.15, 0.2) is 0 Å². The number of hydrogen-bond donors (Lipinski definition) is 1. The fourth-order valence-electron chi connectivity index (χ4n) is 4.16. The van der Waals surface area contributed by atoms with Gasteiger partial charge in [-0.05, 0) is 31.6 Å². The van der Waals surface area contributed by atoms with E-state index in [4.69, 9.17) is 4.74 Å². The van der Waals surface area contributed by atoms with E-state index in [-0.39, 0.29) is 5.60 Å². The third-order valence-corrected chi connectivity index (χ3v) is 5.34. The predicted octanol–water partition coefficient (Wildman–Crippen LogP) is 3.50. The quantitative estimate of drug-likeness (QED) is 0.825. The minimum atomic E-state index is 0.118. The van der Waals surface area contributed by atoms with Crippen LogP contribution in [-0.2, 0) is 4.74 Å². The minimum Gasteiger partial charge on any atom is -0.369 e. The fourth-order valence-corrected chi connectivity index (χ4v) is 4.16. The summed E-state index contributed by atoms with van der Waals surface area (Å²) in [7, 11) is 0. The van der Waals surface area contributed by atoms with Gasteiger partial charge in [0, 0.05) is 13.1 Å². The second kappa shape index (κ2) is 5.50. The van der Waals surface area contributed by atoms with Gasteiger partial charge < -0.3 is 10.1 Å². The number of nitrogens with one attached hydrogen (secondary N) is 1. The van der Waals surface area contributed by atoms with Crippen molar-refractivity contribution < 1.29 is 4.74 Å². The number of rotatable bonds is 4. The summed E-state index contributed by atoms with van der Waals surface area (Å²) in [5.41, 5.74) is 0.118. The normalized spacial score (nSPS) is 38.8. The average molecular weight is 251 g/mol. The van der Waals surface area contributed by atoms with E-state index in [1.54, 1.807) is 0 Å². The standard InChI is InChI=1S/C16H29NO/c1-16(10-14-7-4-8-14)12-17-11-15(18-16)9-13-5-2-3-6-13/h13-15,17H,2-12H2,1H3. The van der Waals surface area contributed by atoms with Crippen molar-refractivity contribution in [3.8, 4) is 0 Å². The van der Waals surface area contributed by atoms with E-state index in [1.807, 2.05) is 0 Å². The largest absolute Gasteiger partial charge is 0.369 e. The molecule has 18 heavy (non-hydrogen) atoms. The molecule has 0 amide bonds. The first kappa shape index (κ1) is 12.9. The molecule has 1 heterocycles. The van der Waals surface area contributed by atoms with Gasteiger partial charge in [0.05, 0.1) is 11.7 Å². The van der Waals surface area contributed by atoms with Crippen molar-refractivity contribution in [3.05, 3.63) is 0 Å². The van der Waals surface area contributed by atoms with E-state index < -0.39 is 0 Å². The van der Waals surface area contributed by atoms with E-state index in [9.17, 15) is 0 Å². The Labute approximate surface area is 112 Å². The molecule has 2 unspecified atom stereocenters. The van der Waals surface area contributed by atoms with E-state index in [0.29, 0.717) is 6.10 Å². The molecule has 2 atom stereocenters. The smallest absolute Gasteiger partial charge is 0.0785 e. The van der Waals surface area contributed by atoms with Crippen molar-refractivity contribution in [3.63, 3.8) is 0 Å². The fraction of sp³-hybridized carbons (Fsp3) is 1.00. The second-order valence-corrected chi connectivity index (χ2v) is 7.21. The maximum Gasteiger partial charge on any atom is 0.0785 e. The van der Waals surface area contributed by atoms with Gasteiger partial charge in [-0.1, -0.05) is 44.9 Å². The summed E-state index contributed by atoms with van der Waals surface area (Å²) in [6.07, 6.45) is 13.2. The maximum absolute atomic E-state index is 6.48. The molecule has 2 nitrogen and oxygen atoms in total. The van der Waals surface area contributed by atoms with E-state index in [0.717, 1.165) is 24.9 Å². The lowest BCUT2D eigenvalue weighted by Crippen LogP contribution is -2.53. The van der Waals surface area contributed by atoms with Crippen LogP contribution in [0.5, 0.6) is 0 Å². The molecule has 3 fully saturated rings. The molecule has 0 aromatic heterocycles. The van der Waals surface area contributed by atoms with Crippen LogP contribution in [-0.4, -0.2) is 24.8 Å². The molecule has 1 aliphatic heterocycles. The van der Waals surface area contributed by atoms with Gasteiger partial charge in [0.1, 0.15) is 0 Å². The van der Waals surface area contributed by atoms with Crippen LogP contribution in [0.3, 0.4) is 0 Å². The van der Waals surface area contributed by atoms with Crippen molar-refractivity contribution in [2.75, 3.05) is 13.1 Å². The number of ether oxygens (including phenoxy) is 1. The molecule has 0 aromatic carbocycles. The van der Waals surface area contributed by atoms with Gasteiger partial charge in [-0.25, -0.2) is 0 Å². The molecule has 0 bridgehead atoms. The Hall–Kier alpha value is -0.0800. The maximum atomic E-state index is 6.48. The summed E-state index contributed by atoms with van der Waals surface area (Å²) < 4.78 is 6.48. The zero-order valence-electron chi connectivity index (χ0n) is 11.9. The number of morpholine rings is 1. The molecular formula is C16H29NO. The molecule has 104 valence electrons. The summed E-state index contributed by atoms with van der Waals surface area (Å²) in [5.74, 6) is 1.89. The van der Waals surface area contributed by atoms with Gasteiger partial charge in [0.2, 0.25) is 0 Å². The Kier molecular flexibility index (Phi) is 3.95. The molecule has 0 spiro atoms. The van der Waals surface area contributed by atoms with Crippen LogP contribution in [0.15, 0.2) is 0 Å². The highest BCUT2D eigenvalue weighted by Crippen LogP contribution is 2.37. The lowest BCUT2D eigenvalue weighted by molar-refractivity contribution is -0.126. The van der Waals surface area contributed by atoms with E-state index >= 15 is 0 Å². The minimum absolute atomic E-state index is 0.118. The monoisotopic (exact) mass is 251 g/mol. The van der Waals surface area contributed by atoms with E-state index in [1.165, 1.54) is 57.8 Å². The molecule has 2 heteroatoms. The lowest BCUT2D eigenvalue weighted by atomic mass is 9.77. The highest BCUT2D eigenvalue weighted by molar-refractivity contribution is 4.90. The molecule has 2 saturated carbocycles. The van der Waals surface area contributed by atoms with Crippen molar-refractivity contribution in [2.45, 2.75) is 76.4 Å². The summed E-state index contributed by atoms with van der Waals surface area (Å²) in [5, 5.41) is 3.63. The van der Waals surface area contributed by atoms with Crippen molar-refractivity contribution >= 4 is 0 Å². The Morgan fingerprint density at radius 1 is 1.06 bits per heavy atom. The van der Waals surface area contributed by atoms with Crippen LogP contribution < -0.4 is 5.32 Å². The Bertz CT molecular complexity index is 270. The second-order valence-electron chi connectivity index (χ2n) is 7.21. The molecular weight excluding hydrogens is 222 g/mol. The molecule has 0 radical (unpaired) electrons. The zero-order valence-corrected chi connectivity index (χ0v) is 11.9. The summed E-state index contributed by atoms with van der Waals surface area (Å²) in [6, 6.07) is 0. The van der Waals surface area contributed by atoms with E-state index in [2.05, 4.69) is 12.2 Å². The Balaban J connectivity index is 1.50. The first-order chi connectivity index (χ1) is 8.73. The lowest BCUT2D eigenvalue weighted by Gasteiger charge is -2.43. The molecule has 0 aromatic rings. The number of hydrogen-bond acceptors (Lipinski definition) is 2. The van der Waals surface area contributed by atoms with Gasteiger partial charge in [0.25, 0.3) is 0 Å². The molecule has 3 aliphatic rings. The van der Waals surface area contributed by atoms with Crippen LogP contribution >= 0.6 is 0 Å². The summed E-state index contributed by atoms with van der Waals surface area (Å²) >= 11 is 0. The Morgan fingerprint density at radius 2 is 1.78 bits per heavy atom. The van der Waals surface area contributed by atoms with Gasteiger partial charge in [-0.15, -0.1) is 0 Å². The highest BCUT2D eigenvalue weighted by atomic mass is 16.5. The molecule has 2 aliphatic carbocycles. The molecule has 1 N–H and O–H groups in total. The third kappa shape index (κ3) is 3.08.